The summed E-state index contributed by atoms with van der Waals surface area (Å²) in [7, 11) is 0. The predicted molar refractivity (Wildman–Crippen MR) is 183 cm³/mol. The van der Waals surface area contributed by atoms with Gasteiger partial charge in [0.2, 0.25) is 23.6 Å². The molecular formula is C37H47N5O5. The molecule has 2 atom stereocenters. The first-order valence-corrected chi connectivity index (χ1v) is 16.4. The second-order valence-corrected chi connectivity index (χ2v) is 12.2. The third-order valence-corrected chi connectivity index (χ3v) is 8.40. The largest absolute Gasteiger partial charge is 0.494 e. The van der Waals surface area contributed by atoms with Crippen molar-refractivity contribution in [2.45, 2.75) is 83.8 Å². The SMILES string of the molecule is Cc1ccc2cc1CNC(=O)[C@H](CCc1ccccc1)NC(=O)[C@@H](NC(=O)Cc1ccc(N)cc1C)CCCC(=O)NCCCCO2. The molecule has 10 heteroatoms. The van der Waals surface area contributed by atoms with Gasteiger partial charge in [0.15, 0.2) is 0 Å². The van der Waals surface area contributed by atoms with Crippen LogP contribution in [0, 0.1) is 13.8 Å². The van der Waals surface area contributed by atoms with Gasteiger partial charge in [-0.1, -0.05) is 42.5 Å². The summed E-state index contributed by atoms with van der Waals surface area (Å²) in [6.45, 7) is 5.16. The number of aryl methyl sites for hydroxylation is 3. The Kier molecular flexibility index (Phi) is 13.2. The minimum absolute atomic E-state index is 0.0659. The molecule has 1 aliphatic rings. The highest BCUT2D eigenvalue weighted by Crippen LogP contribution is 2.18. The summed E-state index contributed by atoms with van der Waals surface area (Å²) < 4.78 is 5.93. The van der Waals surface area contributed by atoms with E-state index in [9.17, 15) is 19.2 Å². The lowest BCUT2D eigenvalue weighted by Crippen LogP contribution is -2.54. The van der Waals surface area contributed by atoms with Gasteiger partial charge in [-0.05, 0) is 104 Å². The molecule has 2 bridgehead atoms. The number of fused-ring (bicyclic) bond motifs is 2. The Bertz CT molecular complexity index is 1530. The van der Waals surface area contributed by atoms with Crippen LogP contribution in [0.5, 0.6) is 5.75 Å². The van der Waals surface area contributed by atoms with Crippen molar-refractivity contribution in [3.05, 3.63) is 94.5 Å². The lowest BCUT2D eigenvalue weighted by Gasteiger charge is -2.24. The van der Waals surface area contributed by atoms with Crippen LogP contribution in [0.4, 0.5) is 5.69 Å². The summed E-state index contributed by atoms with van der Waals surface area (Å²) in [4.78, 5) is 53.2. The smallest absolute Gasteiger partial charge is 0.243 e. The third-order valence-electron chi connectivity index (χ3n) is 8.40. The van der Waals surface area contributed by atoms with Crippen molar-refractivity contribution in [1.82, 2.24) is 21.3 Å². The molecule has 0 saturated heterocycles. The molecule has 0 radical (unpaired) electrons. The Hall–Kier alpha value is -4.86. The fraction of sp³-hybridized carbons (Fsp3) is 0.405. The summed E-state index contributed by atoms with van der Waals surface area (Å²) in [5.74, 6) is -0.537. The van der Waals surface area contributed by atoms with Gasteiger partial charge < -0.3 is 31.7 Å². The summed E-state index contributed by atoms with van der Waals surface area (Å²) in [5.41, 5.74) is 11.1. The van der Waals surface area contributed by atoms with Crippen LogP contribution in [0.25, 0.3) is 0 Å². The molecule has 0 fully saturated rings. The van der Waals surface area contributed by atoms with E-state index in [2.05, 4.69) is 21.3 Å². The van der Waals surface area contributed by atoms with Crippen molar-refractivity contribution >= 4 is 29.3 Å². The number of benzene rings is 3. The van der Waals surface area contributed by atoms with Crippen LogP contribution in [0.2, 0.25) is 0 Å². The Morgan fingerprint density at radius 1 is 0.915 bits per heavy atom. The van der Waals surface area contributed by atoms with Gasteiger partial charge in [0.25, 0.3) is 0 Å². The molecule has 47 heavy (non-hydrogen) atoms. The van der Waals surface area contributed by atoms with Gasteiger partial charge in [-0.15, -0.1) is 0 Å². The zero-order chi connectivity index (χ0) is 33.6. The highest BCUT2D eigenvalue weighted by Gasteiger charge is 2.27. The van der Waals surface area contributed by atoms with E-state index in [1.807, 2.05) is 62.4 Å². The minimum atomic E-state index is -0.932. The van der Waals surface area contributed by atoms with E-state index < -0.39 is 18.0 Å². The van der Waals surface area contributed by atoms with Crippen molar-refractivity contribution < 1.29 is 23.9 Å². The van der Waals surface area contributed by atoms with Crippen LogP contribution in [0.1, 0.15) is 66.3 Å². The number of nitrogen functional groups attached to an aromatic ring is 1. The number of ether oxygens (including phenoxy) is 1. The van der Waals surface area contributed by atoms with Crippen molar-refractivity contribution in [2.24, 2.45) is 0 Å². The van der Waals surface area contributed by atoms with Crippen LogP contribution in [0.3, 0.4) is 0 Å². The molecule has 6 N–H and O–H groups in total. The maximum absolute atomic E-state index is 13.8. The maximum Gasteiger partial charge on any atom is 0.243 e. The Morgan fingerprint density at radius 3 is 2.51 bits per heavy atom. The molecule has 3 aromatic rings. The van der Waals surface area contributed by atoms with Gasteiger partial charge in [-0.25, -0.2) is 0 Å². The molecule has 1 aliphatic heterocycles. The van der Waals surface area contributed by atoms with Crippen LogP contribution < -0.4 is 31.7 Å². The number of carbonyl (C=O) groups excluding carboxylic acids is 4. The predicted octanol–water partition coefficient (Wildman–Crippen LogP) is 3.81. The van der Waals surface area contributed by atoms with E-state index >= 15 is 0 Å². The van der Waals surface area contributed by atoms with Crippen molar-refractivity contribution in [1.29, 1.82) is 0 Å². The van der Waals surface area contributed by atoms with Crippen molar-refractivity contribution in [3.8, 4) is 5.75 Å². The Balaban J connectivity index is 1.54. The summed E-state index contributed by atoms with van der Waals surface area (Å²) in [6.07, 6.45) is 3.34. The zero-order valence-corrected chi connectivity index (χ0v) is 27.4. The first kappa shape index (κ1) is 35.0. The molecule has 0 unspecified atom stereocenters. The van der Waals surface area contributed by atoms with Crippen LogP contribution in [-0.4, -0.2) is 48.9 Å². The molecule has 0 aliphatic carbocycles. The maximum atomic E-state index is 13.8. The van der Waals surface area contributed by atoms with Crippen LogP contribution in [-0.2, 0) is 38.6 Å². The van der Waals surface area contributed by atoms with Gasteiger partial charge in [-0.3, -0.25) is 19.2 Å². The summed E-state index contributed by atoms with van der Waals surface area (Å²) >= 11 is 0. The topological polar surface area (TPSA) is 152 Å². The number of hydrogen-bond acceptors (Lipinski definition) is 6. The third kappa shape index (κ3) is 11.5. The lowest BCUT2D eigenvalue weighted by atomic mass is 10.0. The number of amides is 4. The number of carbonyl (C=O) groups is 4. The molecule has 3 aromatic carbocycles. The minimum Gasteiger partial charge on any atom is -0.494 e. The monoisotopic (exact) mass is 641 g/mol. The van der Waals surface area contributed by atoms with Crippen molar-refractivity contribution in [2.75, 3.05) is 18.9 Å². The second kappa shape index (κ2) is 17.7. The average molecular weight is 642 g/mol. The number of hydrogen-bond donors (Lipinski definition) is 5. The molecule has 4 amide bonds. The standard InChI is InChI=1S/C37H47N5O5/c1-25-13-17-31-22-29(25)24-40-36(45)33(18-14-27-9-4-3-5-10-27)42-37(46)32(11-8-12-34(43)39-19-6-7-20-47-31)41-35(44)23-28-15-16-30(38)21-26(28)2/h3-5,9-10,13,15-17,21-22,32-33H,6-8,11-12,14,18-20,23-24,38H2,1-2H3,(H,39,43)(H,40,45)(H,41,44)(H,42,46)/t32-,33-/m0/s1. The fourth-order valence-corrected chi connectivity index (χ4v) is 5.54. The van der Waals surface area contributed by atoms with E-state index in [4.69, 9.17) is 10.5 Å². The van der Waals surface area contributed by atoms with Gasteiger partial charge in [0.05, 0.1) is 13.0 Å². The number of anilines is 1. The highest BCUT2D eigenvalue weighted by atomic mass is 16.5. The fourth-order valence-electron chi connectivity index (χ4n) is 5.54. The average Bonchev–Trinajstić information content (AvgIpc) is 3.05. The summed E-state index contributed by atoms with van der Waals surface area (Å²) in [5, 5.41) is 11.7. The quantitative estimate of drug-likeness (QED) is 0.258. The van der Waals surface area contributed by atoms with E-state index in [1.165, 1.54) is 0 Å². The van der Waals surface area contributed by atoms with Gasteiger partial charge in [0.1, 0.15) is 17.8 Å². The second-order valence-electron chi connectivity index (χ2n) is 12.2. The van der Waals surface area contributed by atoms with Crippen molar-refractivity contribution in [3.63, 3.8) is 0 Å². The van der Waals surface area contributed by atoms with Gasteiger partial charge in [-0.2, -0.15) is 0 Å². The molecule has 0 spiro atoms. The molecule has 10 nitrogen and oxygen atoms in total. The zero-order valence-electron chi connectivity index (χ0n) is 27.4. The van der Waals surface area contributed by atoms with E-state index in [0.717, 1.165) is 40.7 Å². The lowest BCUT2D eigenvalue weighted by molar-refractivity contribution is -0.132. The van der Waals surface area contributed by atoms with E-state index in [-0.39, 0.29) is 43.5 Å². The number of rotatable bonds is 6. The van der Waals surface area contributed by atoms with Crippen LogP contribution in [0.15, 0.2) is 66.7 Å². The van der Waals surface area contributed by atoms with E-state index in [1.54, 1.807) is 18.2 Å². The van der Waals surface area contributed by atoms with Gasteiger partial charge in [0, 0.05) is 25.2 Å². The Labute approximate surface area is 277 Å². The first-order chi connectivity index (χ1) is 22.7. The molecule has 4 rings (SSSR count). The highest BCUT2D eigenvalue weighted by molar-refractivity contribution is 5.92. The van der Waals surface area contributed by atoms with Crippen LogP contribution >= 0.6 is 0 Å². The molecule has 0 saturated carbocycles. The number of nitrogens with one attached hydrogen (secondary N) is 4. The molecule has 0 aromatic heterocycles. The number of nitrogens with two attached hydrogens (primary N) is 1. The first-order valence-electron chi connectivity index (χ1n) is 16.4. The van der Waals surface area contributed by atoms with E-state index in [0.29, 0.717) is 43.9 Å². The van der Waals surface area contributed by atoms with Gasteiger partial charge >= 0.3 is 0 Å². The molecule has 250 valence electrons. The molecule has 1 heterocycles. The summed E-state index contributed by atoms with van der Waals surface area (Å²) in [6, 6.07) is 19.1. The Morgan fingerprint density at radius 2 is 1.72 bits per heavy atom. The normalized spacial score (nSPS) is 18.6. The molecular weight excluding hydrogens is 594 g/mol.